The summed E-state index contributed by atoms with van der Waals surface area (Å²) >= 11 is 0. The number of methoxy groups -OCH3 is 4. The maximum Gasteiger partial charge on any atom is 0.407 e. The molecule has 2 unspecified atom stereocenters. The van der Waals surface area contributed by atoms with Crippen LogP contribution in [0.1, 0.15) is 85.5 Å². The number of amides is 4. The van der Waals surface area contributed by atoms with Gasteiger partial charge in [-0.2, -0.15) is 0 Å². The largest absolute Gasteiger partial charge is 0.453 e. The second kappa shape index (κ2) is 17.1. The lowest BCUT2D eigenvalue weighted by Crippen LogP contribution is -2.54. The molecule has 4 amide bonds. The molecule has 2 aliphatic heterocycles. The summed E-state index contributed by atoms with van der Waals surface area (Å²) in [5.74, 6) is 0.977. The van der Waals surface area contributed by atoms with Crippen molar-refractivity contribution in [1.82, 2.24) is 40.4 Å². The molecule has 318 valence electrons. The van der Waals surface area contributed by atoms with Crippen molar-refractivity contribution in [3.8, 4) is 33.6 Å². The van der Waals surface area contributed by atoms with Crippen molar-refractivity contribution < 1.29 is 38.1 Å². The summed E-state index contributed by atoms with van der Waals surface area (Å²) in [4.78, 5) is 72.0. The van der Waals surface area contributed by atoms with E-state index < -0.39 is 36.5 Å². The molecule has 2 aromatic heterocycles. The summed E-state index contributed by atoms with van der Waals surface area (Å²) in [7, 11) is 5.56. The van der Waals surface area contributed by atoms with Crippen LogP contribution in [-0.4, -0.2) is 120 Å². The number of nitrogens with zero attached hydrogens (tertiary/aromatic N) is 4. The van der Waals surface area contributed by atoms with Crippen molar-refractivity contribution in [3.63, 3.8) is 0 Å². The van der Waals surface area contributed by atoms with Gasteiger partial charge in [0.2, 0.25) is 11.8 Å². The van der Waals surface area contributed by atoms with Crippen LogP contribution >= 0.6 is 0 Å². The maximum absolute atomic E-state index is 13.8. The first kappa shape index (κ1) is 41.0. The van der Waals surface area contributed by atoms with Gasteiger partial charge < -0.3 is 49.3 Å². The summed E-state index contributed by atoms with van der Waals surface area (Å²) in [6.07, 6.45) is 8.00. The maximum atomic E-state index is 13.8. The SMILES string of the molecule is COC(=O)NC(C(=O)N1CCC[C@H]1c1ncc(-c2cc3c4c(c2)CCc2cc(-c5cnc([C@@H]6CCCN6C(=O)C(NC(=O)OC)[C@@H](C)OC)[nH]5)cc(c2-4)CC3)[nH]1)[C@@H](C)OC. The van der Waals surface area contributed by atoms with Crippen LogP contribution in [-0.2, 0) is 54.2 Å². The first-order chi connectivity index (χ1) is 29.0. The Balaban J connectivity index is 1.01. The minimum absolute atomic E-state index is 0.232. The quantitative estimate of drug-likeness (QED) is 0.148. The van der Waals surface area contributed by atoms with E-state index >= 15 is 0 Å². The van der Waals surface area contributed by atoms with Crippen molar-refractivity contribution in [2.24, 2.45) is 0 Å². The number of hydrogen-bond acceptors (Lipinski definition) is 10. The number of aromatic amines is 2. The molecule has 6 atom stereocenters. The van der Waals surface area contributed by atoms with E-state index in [0.29, 0.717) is 13.1 Å². The monoisotopic (exact) mass is 822 g/mol. The van der Waals surface area contributed by atoms with Crippen LogP contribution in [0.4, 0.5) is 9.59 Å². The van der Waals surface area contributed by atoms with Gasteiger partial charge in [-0.1, -0.05) is 0 Å². The summed E-state index contributed by atoms with van der Waals surface area (Å²) in [5.41, 5.74) is 11.9. The predicted octanol–water partition coefficient (Wildman–Crippen LogP) is 5.18. The number of rotatable bonds is 12. The van der Waals surface area contributed by atoms with Gasteiger partial charge in [0.15, 0.2) is 0 Å². The molecule has 60 heavy (non-hydrogen) atoms. The first-order valence-corrected chi connectivity index (χ1v) is 20.8. The highest BCUT2D eigenvalue weighted by atomic mass is 16.5. The van der Waals surface area contributed by atoms with Crippen molar-refractivity contribution >= 4 is 24.0 Å². The molecule has 2 aromatic carbocycles. The number of nitrogens with one attached hydrogen (secondary N) is 4. The Morgan fingerprint density at radius 1 is 0.633 bits per heavy atom. The van der Waals surface area contributed by atoms with E-state index in [4.69, 9.17) is 28.9 Å². The van der Waals surface area contributed by atoms with Gasteiger partial charge in [-0.25, -0.2) is 19.6 Å². The van der Waals surface area contributed by atoms with E-state index in [1.165, 1.54) is 61.8 Å². The zero-order chi connectivity index (χ0) is 42.2. The average Bonchev–Trinajstić information content (AvgIpc) is 4.12. The second-order valence-electron chi connectivity index (χ2n) is 16.2. The minimum Gasteiger partial charge on any atom is -0.453 e. The number of alkyl carbamates (subject to hydrolysis) is 2. The van der Waals surface area contributed by atoms with Gasteiger partial charge in [0.05, 0.1) is 62.3 Å². The van der Waals surface area contributed by atoms with Gasteiger partial charge in [0, 0.05) is 38.4 Å². The number of aryl methyl sites for hydroxylation is 4. The van der Waals surface area contributed by atoms with Gasteiger partial charge in [0.25, 0.3) is 0 Å². The van der Waals surface area contributed by atoms with Crippen LogP contribution in [0, 0.1) is 0 Å². The highest BCUT2D eigenvalue weighted by Crippen LogP contribution is 2.46. The number of imidazole rings is 2. The molecule has 2 aliphatic carbocycles. The van der Waals surface area contributed by atoms with Gasteiger partial charge in [0.1, 0.15) is 23.7 Å². The molecule has 4 heterocycles. The Morgan fingerprint density at radius 3 is 1.33 bits per heavy atom. The third kappa shape index (κ3) is 7.62. The lowest BCUT2D eigenvalue weighted by atomic mass is 9.74. The normalized spacial score (nSPS) is 19.9. The third-order valence-corrected chi connectivity index (χ3v) is 12.8. The van der Waals surface area contributed by atoms with E-state index in [1.807, 2.05) is 12.4 Å². The minimum atomic E-state index is -0.893. The summed E-state index contributed by atoms with van der Waals surface area (Å²) in [6, 6.07) is 6.83. The van der Waals surface area contributed by atoms with Gasteiger partial charge in [-0.15, -0.1) is 0 Å². The molecule has 4 aromatic rings. The van der Waals surface area contributed by atoms with Crippen molar-refractivity contribution in [2.75, 3.05) is 41.5 Å². The van der Waals surface area contributed by atoms with Gasteiger partial charge in [-0.05, 0) is 123 Å². The molecular weight excluding hydrogens is 769 g/mol. The van der Waals surface area contributed by atoms with Crippen LogP contribution in [0.25, 0.3) is 33.6 Å². The molecule has 2 saturated heterocycles. The predicted molar refractivity (Wildman–Crippen MR) is 221 cm³/mol. The van der Waals surface area contributed by atoms with Crippen LogP contribution in [0.3, 0.4) is 0 Å². The Kier molecular flexibility index (Phi) is 11.7. The molecule has 0 spiro atoms. The summed E-state index contributed by atoms with van der Waals surface area (Å²) < 4.78 is 20.5. The molecule has 0 radical (unpaired) electrons. The molecule has 0 saturated carbocycles. The molecule has 4 N–H and O–H groups in total. The molecule has 0 bridgehead atoms. The highest BCUT2D eigenvalue weighted by Gasteiger charge is 2.40. The Hall–Kier alpha value is -5.74. The lowest BCUT2D eigenvalue weighted by Gasteiger charge is -2.31. The fourth-order valence-electron chi connectivity index (χ4n) is 9.51. The van der Waals surface area contributed by atoms with Crippen LogP contribution < -0.4 is 10.6 Å². The average molecular weight is 823 g/mol. The fourth-order valence-corrected chi connectivity index (χ4v) is 9.51. The van der Waals surface area contributed by atoms with Crippen LogP contribution in [0.5, 0.6) is 0 Å². The lowest BCUT2D eigenvalue weighted by molar-refractivity contribution is -0.138. The number of likely N-dealkylation sites (tertiary alicyclic amines) is 2. The highest BCUT2D eigenvalue weighted by molar-refractivity contribution is 5.88. The molecule has 16 heteroatoms. The van der Waals surface area contributed by atoms with Gasteiger partial charge >= 0.3 is 12.2 Å². The number of ether oxygens (including phenoxy) is 4. The number of aromatic nitrogens is 4. The Bertz CT molecular complexity index is 2080. The van der Waals surface area contributed by atoms with E-state index in [-0.39, 0.29) is 23.9 Å². The molecule has 8 rings (SSSR count). The van der Waals surface area contributed by atoms with Gasteiger partial charge in [-0.3, -0.25) is 9.59 Å². The Morgan fingerprint density at radius 2 is 1.00 bits per heavy atom. The number of benzene rings is 2. The van der Waals surface area contributed by atoms with E-state index in [9.17, 15) is 19.2 Å². The summed E-state index contributed by atoms with van der Waals surface area (Å²) in [6.45, 7) is 4.60. The molecule has 16 nitrogen and oxygen atoms in total. The standard InChI is InChI=1S/C44H54N8O8/c1-23(57-3)37(49-43(55)59-5)41(53)51-15-7-9-33(51)39-45-21-31(47-39)29-17-25-11-13-27-19-30(20-28-14-12-26(18-29)35(25)36(27)28)32-22-46-40(48-32)34-10-8-16-52(34)42(54)38(24(2)58-4)50-44(56)60-6/h17-24,33-34,37-38H,7-16H2,1-6H3,(H,45,47)(H,46,48)(H,49,55)(H,50,56)/t23-,24-,33+,34+,37?,38?/m1/s1. The van der Waals surface area contributed by atoms with Crippen molar-refractivity contribution in [1.29, 1.82) is 0 Å². The third-order valence-electron chi connectivity index (χ3n) is 12.8. The Labute approximate surface area is 349 Å². The molecule has 2 fully saturated rings. The first-order valence-electron chi connectivity index (χ1n) is 20.8. The zero-order valence-electron chi connectivity index (χ0n) is 35.1. The second-order valence-corrected chi connectivity index (χ2v) is 16.2. The molecule has 4 aliphatic rings. The topological polar surface area (TPSA) is 193 Å². The summed E-state index contributed by atoms with van der Waals surface area (Å²) in [5, 5.41) is 5.30. The van der Waals surface area contributed by atoms with E-state index in [1.54, 1.807) is 23.6 Å². The number of hydrogen-bond donors (Lipinski definition) is 4. The number of carbonyl (C=O) groups is 4. The van der Waals surface area contributed by atoms with Crippen molar-refractivity contribution in [2.45, 2.75) is 102 Å². The van der Waals surface area contributed by atoms with Crippen LogP contribution in [0.15, 0.2) is 36.7 Å². The molecular formula is C44H54N8O8. The number of carbonyl (C=O) groups excluding carboxylic acids is 4. The van der Waals surface area contributed by atoms with Crippen molar-refractivity contribution in [3.05, 3.63) is 70.6 Å². The van der Waals surface area contributed by atoms with E-state index in [0.717, 1.165) is 85.5 Å². The van der Waals surface area contributed by atoms with Crippen LogP contribution in [0.2, 0.25) is 0 Å². The van der Waals surface area contributed by atoms with E-state index in [2.05, 4.69) is 44.9 Å². The smallest absolute Gasteiger partial charge is 0.407 e. The number of H-pyrrole nitrogens is 2. The zero-order valence-corrected chi connectivity index (χ0v) is 35.1. The fraction of sp³-hybridized carbons (Fsp3) is 0.500.